The number of fused-ring (bicyclic) bond motifs is 1. The lowest BCUT2D eigenvalue weighted by Gasteiger charge is -2.24. The molecule has 1 aromatic carbocycles. The summed E-state index contributed by atoms with van der Waals surface area (Å²) in [5.74, 6) is -0.117. The third-order valence-corrected chi connectivity index (χ3v) is 8.16. The zero-order valence-corrected chi connectivity index (χ0v) is 18.9. The number of nitrogen functional groups attached to an aromatic ring is 1. The molecule has 3 N–H and O–H groups in total. The van der Waals surface area contributed by atoms with Crippen LogP contribution in [0.4, 0.5) is 11.4 Å². The molecule has 0 bridgehead atoms. The highest BCUT2D eigenvalue weighted by atomic mass is 32.1. The topological polar surface area (TPSA) is 71.2 Å². The van der Waals surface area contributed by atoms with Crippen molar-refractivity contribution in [2.75, 3.05) is 30.3 Å². The number of hydrogen-bond acceptors (Lipinski definition) is 5. The lowest BCUT2D eigenvalue weighted by molar-refractivity contribution is 0.0959. The van der Waals surface area contributed by atoms with E-state index in [1.54, 1.807) is 0 Å². The van der Waals surface area contributed by atoms with E-state index in [0.717, 1.165) is 22.3 Å². The molecule has 1 saturated heterocycles. The van der Waals surface area contributed by atoms with E-state index in [1.807, 2.05) is 19.1 Å². The summed E-state index contributed by atoms with van der Waals surface area (Å²) in [5, 5.41) is 3.88. The molecule has 1 amide bonds. The Morgan fingerprint density at radius 1 is 1.16 bits per heavy atom. The predicted molar refractivity (Wildman–Crippen MR) is 129 cm³/mol. The van der Waals surface area contributed by atoms with Gasteiger partial charge in [-0.1, -0.05) is 25.0 Å². The summed E-state index contributed by atoms with van der Waals surface area (Å²) in [6, 6.07) is 12.7. The number of thiophene rings is 1. The molecule has 31 heavy (non-hydrogen) atoms. The number of carbonyl (C=O) groups excluding carboxylic acids is 1. The second-order valence-electron chi connectivity index (χ2n) is 9.20. The van der Waals surface area contributed by atoms with Gasteiger partial charge in [-0.2, -0.15) is 0 Å². The molecule has 1 saturated carbocycles. The molecule has 2 aliphatic rings. The maximum absolute atomic E-state index is 12.6. The first-order valence-electron chi connectivity index (χ1n) is 11.3. The van der Waals surface area contributed by atoms with E-state index < -0.39 is 0 Å². The van der Waals surface area contributed by atoms with E-state index in [2.05, 4.69) is 39.5 Å². The molecule has 0 radical (unpaired) electrons. The number of hydrogen-bond donors (Lipinski definition) is 2. The molecule has 1 aliphatic heterocycles. The highest BCUT2D eigenvalue weighted by Crippen LogP contribution is 2.46. The first kappa shape index (κ1) is 20.3. The van der Waals surface area contributed by atoms with E-state index in [0.29, 0.717) is 22.5 Å². The molecule has 5 nitrogen and oxygen atoms in total. The highest BCUT2D eigenvalue weighted by molar-refractivity contribution is 7.21. The maximum Gasteiger partial charge on any atom is 0.263 e. The Hall–Kier alpha value is -2.60. The molecule has 1 aliphatic carbocycles. The Bertz CT molecular complexity index is 1100. The van der Waals surface area contributed by atoms with Gasteiger partial charge in [0.1, 0.15) is 9.71 Å². The Morgan fingerprint density at radius 3 is 2.71 bits per heavy atom. The summed E-state index contributed by atoms with van der Waals surface area (Å²) in [7, 11) is 0. The van der Waals surface area contributed by atoms with E-state index in [9.17, 15) is 4.79 Å². The highest BCUT2D eigenvalue weighted by Gasteiger charge is 2.40. The van der Waals surface area contributed by atoms with Crippen LogP contribution in [0.1, 0.15) is 53.0 Å². The number of carbonyl (C=O) groups is 1. The fourth-order valence-electron chi connectivity index (χ4n) is 5.22. The van der Waals surface area contributed by atoms with Crippen molar-refractivity contribution < 1.29 is 4.79 Å². The second kappa shape index (κ2) is 8.15. The summed E-state index contributed by atoms with van der Waals surface area (Å²) in [6.45, 7) is 4.93. The van der Waals surface area contributed by atoms with Gasteiger partial charge >= 0.3 is 0 Å². The standard InChI is InChI=1S/C25H30N4OS/c1-17-4-9-20-21(26)22(31-24(20)28-17)23(30)27-14-10-18-5-7-19(8-6-18)29-15-13-25(16-29)11-2-3-12-25/h4-9H,2-3,10-16,26H2,1H3,(H,27,30). The Labute approximate surface area is 187 Å². The number of nitrogens with two attached hydrogens (primary N) is 1. The van der Waals surface area contributed by atoms with Crippen LogP contribution in [0.2, 0.25) is 0 Å². The SMILES string of the molecule is Cc1ccc2c(N)c(C(=O)NCCc3ccc(N4CCC5(CCCC5)C4)cc3)sc2n1. The van der Waals surface area contributed by atoms with E-state index >= 15 is 0 Å². The van der Waals surface area contributed by atoms with Crippen LogP contribution in [-0.4, -0.2) is 30.5 Å². The summed E-state index contributed by atoms with van der Waals surface area (Å²) < 4.78 is 0. The first-order valence-corrected chi connectivity index (χ1v) is 12.1. The largest absolute Gasteiger partial charge is 0.397 e. The zero-order valence-electron chi connectivity index (χ0n) is 18.1. The molecule has 5 rings (SSSR count). The average Bonchev–Trinajstić information content (AvgIpc) is 3.49. The van der Waals surface area contributed by atoms with Gasteiger partial charge in [-0.3, -0.25) is 4.79 Å². The number of amides is 1. The van der Waals surface area contributed by atoms with Gasteiger partial charge in [0.25, 0.3) is 5.91 Å². The zero-order chi connectivity index (χ0) is 21.4. The van der Waals surface area contributed by atoms with Gasteiger partial charge < -0.3 is 16.0 Å². The van der Waals surface area contributed by atoms with Crippen LogP contribution in [0.25, 0.3) is 10.2 Å². The van der Waals surface area contributed by atoms with Crippen LogP contribution in [0.3, 0.4) is 0 Å². The number of aryl methyl sites for hydroxylation is 1. The van der Waals surface area contributed by atoms with Gasteiger partial charge in [0, 0.05) is 36.4 Å². The molecule has 2 aromatic heterocycles. The van der Waals surface area contributed by atoms with Gasteiger partial charge in [-0.05, 0) is 67.9 Å². The van der Waals surface area contributed by atoms with Crippen molar-refractivity contribution in [1.29, 1.82) is 0 Å². The molecule has 3 aromatic rings. The molecule has 3 heterocycles. The van der Waals surface area contributed by atoms with E-state index in [1.165, 1.54) is 67.8 Å². The van der Waals surface area contributed by atoms with Crippen molar-refractivity contribution in [2.24, 2.45) is 5.41 Å². The first-order chi connectivity index (χ1) is 15.0. The van der Waals surface area contributed by atoms with Gasteiger partial charge in [-0.25, -0.2) is 4.98 Å². The third-order valence-electron chi connectivity index (χ3n) is 7.04. The predicted octanol–water partition coefficient (Wildman–Crippen LogP) is 4.93. The molecule has 1 spiro atoms. The number of anilines is 2. The molecule has 0 atom stereocenters. The van der Waals surface area contributed by atoms with Crippen LogP contribution < -0.4 is 16.0 Å². The number of nitrogens with zero attached hydrogens (tertiary/aromatic N) is 2. The average molecular weight is 435 g/mol. The number of rotatable bonds is 5. The minimum atomic E-state index is -0.117. The molecule has 6 heteroatoms. The van der Waals surface area contributed by atoms with Crippen molar-refractivity contribution in [2.45, 2.75) is 45.4 Å². The second-order valence-corrected chi connectivity index (χ2v) is 10.2. The summed E-state index contributed by atoms with van der Waals surface area (Å²) in [6.07, 6.45) is 7.76. The summed E-state index contributed by atoms with van der Waals surface area (Å²) in [5.41, 5.74) is 10.8. The van der Waals surface area contributed by atoms with Gasteiger partial charge in [-0.15, -0.1) is 11.3 Å². The number of pyridine rings is 1. The van der Waals surface area contributed by atoms with Crippen molar-refractivity contribution in [3.05, 3.63) is 52.5 Å². The van der Waals surface area contributed by atoms with E-state index in [4.69, 9.17) is 5.73 Å². The summed E-state index contributed by atoms with van der Waals surface area (Å²) >= 11 is 1.36. The molecule has 2 fully saturated rings. The van der Waals surface area contributed by atoms with Gasteiger partial charge in [0.15, 0.2) is 0 Å². The Kier molecular flexibility index (Phi) is 5.34. The number of benzene rings is 1. The normalized spacial score (nSPS) is 17.6. The van der Waals surface area contributed by atoms with Gasteiger partial charge in [0.2, 0.25) is 0 Å². The van der Waals surface area contributed by atoms with Crippen LogP contribution in [0, 0.1) is 12.3 Å². The quantitative estimate of drug-likeness (QED) is 0.597. The smallest absolute Gasteiger partial charge is 0.263 e. The maximum atomic E-state index is 12.6. The van der Waals surface area contributed by atoms with Crippen molar-refractivity contribution in [3.8, 4) is 0 Å². The molecular formula is C25H30N4OS. The lowest BCUT2D eigenvalue weighted by atomic mass is 9.86. The van der Waals surface area contributed by atoms with Crippen LogP contribution >= 0.6 is 11.3 Å². The van der Waals surface area contributed by atoms with Gasteiger partial charge in [0.05, 0.1) is 5.69 Å². The Balaban J connectivity index is 1.16. The number of nitrogens with one attached hydrogen (secondary N) is 1. The summed E-state index contributed by atoms with van der Waals surface area (Å²) in [4.78, 5) is 21.1. The van der Waals surface area contributed by atoms with Crippen molar-refractivity contribution in [1.82, 2.24) is 10.3 Å². The molecule has 162 valence electrons. The van der Waals surface area contributed by atoms with E-state index in [-0.39, 0.29) is 5.91 Å². The minimum Gasteiger partial charge on any atom is -0.397 e. The van der Waals surface area contributed by atoms with Crippen molar-refractivity contribution >= 4 is 38.8 Å². The molecule has 0 unspecified atom stereocenters. The van der Waals surface area contributed by atoms with Crippen LogP contribution in [-0.2, 0) is 6.42 Å². The fraction of sp³-hybridized carbons (Fsp3) is 0.440. The lowest BCUT2D eigenvalue weighted by Crippen LogP contribution is -2.26. The molecular weight excluding hydrogens is 404 g/mol. The Morgan fingerprint density at radius 2 is 1.94 bits per heavy atom. The third kappa shape index (κ3) is 4.01. The fourth-order valence-corrected chi connectivity index (χ4v) is 6.28. The van der Waals surface area contributed by atoms with Crippen LogP contribution in [0.15, 0.2) is 36.4 Å². The monoisotopic (exact) mass is 434 g/mol. The van der Waals surface area contributed by atoms with Crippen molar-refractivity contribution in [3.63, 3.8) is 0 Å². The minimum absolute atomic E-state index is 0.117. The number of aromatic nitrogens is 1. The van der Waals surface area contributed by atoms with Crippen LogP contribution in [0.5, 0.6) is 0 Å².